The molecule has 2 rings (SSSR count). The van der Waals surface area contributed by atoms with Crippen molar-refractivity contribution in [3.63, 3.8) is 0 Å². The van der Waals surface area contributed by atoms with Crippen LogP contribution in [0.5, 0.6) is 0 Å². The molecule has 0 radical (unpaired) electrons. The molecule has 2 heterocycles. The van der Waals surface area contributed by atoms with Crippen LogP contribution in [0.15, 0.2) is 6.20 Å². The van der Waals surface area contributed by atoms with Gasteiger partial charge in [0, 0.05) is 0 Å². The van der Waals surface area contributed by atoms with E-state index in [9.17, 15) is 0 Å². The molecular weight excluding hydrogens is 146 g/mol. The number of tetrazole rings is 1. The molecule has 7 heteroatoms. The maximum Gasteiger partial charge on any atom is 0.209 e. The second-order valence-corrected chi connectivity index (χ2v) is 1.93. The molecule has 7 nitrogen and oxygen atoms in total. The number of hydrogen-bond acceptors (Lipinski definition) is 5. The van der Waals surface area contributed by atoms with E-state index >= 15 is 0 Å². The van der Waals surface area contributed by atoms with Crippen molar-refractivity contribution < 1.29 is 0 Å². The van der Waals surface area contributed by atoms with Crippen LogP contribution in [0.4, 0.5) is 5.82 Å². The Balaban J connectivity index is 2.53. The van der Waals surface area contributed by atoms with E-state index < -0.39 is 0 Å². The number of H-pyrrole nitrogens is 2. The summed E-state index contributed by atoms with van der Waals surface area (Å²) in [7, 11) is 0. The molecule has 2 aromatic rings. The number of aromatic nitrogens is 6. The van der Waals surface area contributed by atoms with Crippen molar-refractivity contribution in [2.24, 2.45) is 0 Å². The van der Waals surface area contributed by atoms with E-state index in [1.165, 1.54) is 0 Å². The van der Waals surface area contributed by atoms with Gasteiger partial charge in [0.2, 0.25) is 5.82 Å². The number of hydrogen-bond donors (Lipinski definition) is 3. The summed E-state index contributed by atoms with van der Waals surface area (Å²) in [6.07, 6.45) is 1.54. The van der Waals surface area contributed by atoms with Gasteiger partial charge in [-0.3, -0.25) is 5.10 Å². The molecule has 0 atom stereocenters. The van der Waals surface area contributed by atoms with Crippen molar-refractivity contribution in [1.29, 1.82) is 0 Å². The molecule has 2 aromatic heterocycles. The van der Waals surface area contributed by atoms with E-state index in [1.807, 2.05) is 0 Å². The molecular formula is C4H5N7. The fourth-order valence-corrected chi connectivity index (χ4v) is 0.750. The molecule has 11 heavy (non-hydrogen) atoms. The van der Waals surface area contributed by atoms with Gasteiger partial charge in [-0.15, -0.1) is 10.2 Å². The van der Waals surface area contributed by atoms with E-state index in [4.69, 9.17) is 5.73 Å². The minimum Gasteiger partial charge on any atom is -0.383 e. The second-order valence-electron chi connectivity index (χ2n) is 1.93. The van der Waals surface area contributed by atoms with Gasteiger partial charge in [-0.1, -0.05) is 0 Å². The summed E-state index contributed by atoms with van der Waals surface area (Å²) >= 11 is 0. The summed E-state index contributed by atoms with van der Waals surface area (Å²) in [5.74, 6) is 0.877. The summed E-state index contributed by atoms with van der Waals surface area (Å²) in [6.45, 7) is 0. The Hall–Kier alpha value is -1.92. The SMILES string of the molecule is Nc1[nH]ncc1-c1nn[nH]n1. The van der Waals surface area contributed by atoms with Gasteiger partial charge in [-0.05, 0) is 5.21 Å². The average Bonchev–Trinajstić information content (AvgIpc) is 2.55. The van der Waals surface area contributed by atoms with Crippen LogP contribution in [0, 0.1) is 0 Å². The zero-order chi connectivity index (χ0) is 7.68. The number of anilines is 1. The lowest BCUT2D eigenvalue weighted by Crippen LogP contribution is -1.88. The summed E-state index contributed by atoms with van der Waals surface area (Å²) in [5.41, 5.74) is 6.14. The third-order valence-electron chi connectivity index (χ3n) is 1.26. The Morgan fingerprint density at radius 1 is 1.45 bits per heavy atom. The van der Waals surface area contributed by atoms with Crippen LogP contribution in [-0.4, -0.2) is 30.8 Å². The maximum absolute atomic E-state index is 5.49. The quantitative estimate of drug-likeness (QED) is 0.493. The fraction of sp³-hybridized carbons (Fsp3) is 0. The van der Waals surface area contributed by atoms with Gasteiger partial charge in [0.1, 0.15) is 5.82 Å². The highest BCUT2D eigenvalue weighted by Crippen LogP contribution is 2.16. The Morgan fingerprint density at radius 3 is 2.91 bits per heavy atom. The number of nitrogens with zero attached hydrogens (tertiary/aromatic N) is 4. The van der Waals surface area contributed by atoms with Crippen LogP contribution in [0.3, 0.4) is 0 Å². The molecule has 56 valence electrons. The van der Waals surface area contributed by atoms with Crippen LogP contribution >= 0.6 is 0 Å². The monoisotopic (exact) mass is 151 g/mol. The first kappa shape index (κ1) is 5.83. The van der Waals surface area contributed by atoms with Gasteiger partial charge in [-0.2, -0.15) is 10.3 Å². The van der Waals surface area contributed by atoms with Crippen molar-refractivity contribution in [3.8, 4) is 11.4 Å². The van der Waals surface area contributed by atoms with Crippen LogP contribution in [0.1, 0.15) is 0 Å². The first-order chi connectivity index (χ1) is 5.38. The normalized spacial score (nSPS) is 10.2. The highest BCUT2D eigenvalue weighted by Gasteiger charge is 2.07. The van der Waals surface area contributed by atoms with E-state index in [0.717, 1.165) is 0 Å². The second kappa shape index (κ2) is 2.04. The number of nitrogens with two attached hydrogens (primary N) is 1. The van der Waals surface area contributed by atoms with Gasteiger partial charge in [-0.25, -0.2) is 0 Å². The van der Waals surface area contributed by atoms with Gasteiger partial charge in [0.15, 0.2) is 0 Å². The highest BCUT2D eigenvalue weighted by molar-refractivity contribution is 5.66. The minimum atomic E-state index is 0.436. The average molecular weight is 151 g/mol. The predicted octanol–water partition coefficient (Wildman–Crippen LogP) is -0.828. The topological polar surface area (TPSA) is 109 Å². The van der Waals surface area contributed by atoms with Crippen molar-refractivity contribution in [2.45, 2.75) is 0 Å². The molecule has 0 fully saturated rings. The van der Waals surface area contributed by atoms with Crippen LogP contribution < -0.4 is 5.73 Å². The standard InChI is InChI=1S/C4H5N7/c5-3-2(1-6-7-3)4-8-10-11-9-4/h1H,(H3,5,6,7)(H,8,9,10,11). The number of nitrogens with one attached hydrogen (secondary N) is 2. The lowest BCUT2D eigenvalue weighted by Gasteiger charge is -1.86. The molecule has 0 unspecified atom stereocenters. The third-order valence-corrected chi connectivity index (χ3v) is 1.26. The first-order valence-electron chi connectivity index (χ1n) is 2.90. The number of nitrogen functional groups attached to an aromatic ring is 1. The zero-order valence-corrected chi connectivity index (χ0v) is 5.44. The summed E-state index contributed by atoms with van der Waals surface area (Å²) in [6, 6.07) is 0. The van der Waals surface area contributed by atoms with E-state index in [1.54, 1.807) is 6.20 Å². The highest BCUT2D eigenvalue weighted by atomic mass is 15.5. The lowest BCUT2D eigenvalue weighted by molar-refractivity contribution is 0.881. The molecule has 0 aliphatic carbocycles. The summed E-state index contributed by atoms with van der Waals surface area (Å²) in [5, 5.41) is 19.4. The van der Waals surface area contributed by atoms with Crippen molar-refractivity contribution in [2.75, 3.05) is 5.73 Å². The third kappa shape index (κ3) is 0.820. The van der Waals surface area contributed by atoms with Gasteiger partial charge < -0.3 is 5.73 Å². The molecule has 0 bridgehead atoms. The molecule has 0 aromatic carbocycles. The molecule has 4 N–H and O–H groups in total. The van der Waals surface area contributed by atoms with E-state index in [2.05, 4.69) is 30.8 Å². The molecule has 0 saturated heterocycles. The Bertz CT molecular complexity index is 333. The molecule has 0 spiro atoms. The predicted molar refractivity (Wildman–Crippen MR) is 36.2 cm³/mol. The zero-order valence-electron chi connectivity index (χ0n) is 5.44. The van der Waals surface area contributed by atoms with Crippen molar-refractivity contribution >= 4 is 5.82 Å². The van der Waals surface area contributed by atoms with E-state index in [-0.39, 0.29) is 0 Å². The maximum atomic E-state index is 5.49. The van der Waals surface area contributed by atoms with Crippen molar-refractivity contribution in [1.82, 2.24) is 30.8 Å². The van der Waals surface area contributed by atoms with Crippen LogP contribution in [0.2, 0.25) is 0 Å². The van der Waals surface area contributed by atoms with Gasteiger partial charge >= 0.3 is 0 Å². The van der Waals surface area contributed by atoms with Crippen LogP contribution in [0.25, 0.3) is 11.4 Å². The molecule has 0 aliphatic heterocycles. The van der Waals surface area contributed by atoms with Crippen LogP contribution in [-0.2, 0) is 0 Å². The first-order valence-corrected chi connectivity index (χ1v) is 2.90. The largest absolute Gasteiger partial charge is 0.383 e. The summed E-state index contributed by atoms with van der Waals surface area (Å²) in [4.78, 5) is 0. The number of rotatable bonds is 1. The summed E-state index contributed by atoms with van der Waals surface area (Å²) < 4.78 is 0. The molecule has 0 aliphatic rings. The van der Waals surface area contributed by atoms with E-state index in [0.29, 0.717) is 17.2 Å². The molecule has 0 saturated carbocycles. The molecule has 0 amide bonds. The van der Waals surface area contributed by atoms with Gasteiger partial charge in [0.25, 0.3) is 0 Å². The lowest BCUT2D eigenvalue weighted by atomic mass is 10.3. The Labute approximate surface area is 61.0 Å². The Kier molecular flexibility index (Phi) is 1.08. The smallest absolute Gasteiger partial charge is 0.209 e. The Morgan fingerprint density at radius 2 is 2.36 bits per heavy atom. The minimum absolute atomic E-state index is 0.436. The van der Waals surface area contributed by atoms with Crippen molar-refractivity contribution in [3.05, 3.63) is 6.20 Å². The van der Waals surface area contributed by atoms with Gasteiger partial charge in [0.05, 0.1) is 11.8 Å². The fourth-order valence-electron chi connectivity index (χ4n) is 0.750. The number of aromatic amines is 2.